The molecular formula is C38H51N9O4. The van der Waals surface area contributed by atoms with Crippen LogP contribution in [0.3, 0.4) is 0 Å². The maximum Gasteiger partial charge on any atom is 0.410 e. The molecule has 3 aromatic rings. The average Bonchev–Trinajstić information content (AvgIpc) is 3.54. The molecule has 1 atom stereocenters. The van der Waals surface area contributed by atoms with Crippen LogP contribution in [-0.4, -0.2) is 123 Å². The largest absolute Gasteiger partial charge is 0.444 e. The molecule has 4 aliphatic rings. The molecule has 4 aliphatic heterocycles. The summed E-state index contributed by atoms with van der Waals surface area (Å²) in [5.74, 6) is 2.21. The Balaban J connectivity index is 0.875. The smallest absolute Gasteiger partial charge is 0.410 e. The number of likely N-dealkylation sites (tertiary alicyclic amines) is 2. The van der Waals surface area contributed by atoms with Gasteiger partial charge >= 0.3 is 6.09 Å². The SMILES string of the molecule is CC(C)(C)OC(=O)N1CCC(CN2CCN(c3cnnc(Oc4cccc([C@H]5CCCN(C(=O)CN6Cc7cncnc7C6)C5)c4)c3)CC2)CC1. The molecule has 0 aliphatic carbocycles. The first-order valence-electron chi connectivity index (χ1n) is 18.5. The number of rotatable bonds is 8. The second-order valence-corrected chi connectivity index (χ2v) is 15.4. The summed E-state index contributed by atoms with van der Waals surface area (Å²) in [6.45, 7) is 15.4. The van der Waals surface area contributed by atoms with Crippen LogP contribution in [0.1, 0.15) is 69.2 Å². The van der Waals surface area contributed by atoms with Crippen molar-refractivity contribution in [3.8, 4) is 11.6 Å². The number of piperidine rings is 2. The minimum Gasteiger partial charge on any atom is -0.444 e. The molecule has 0 N–H and O–H groups in total. The van der Waals surface area contributed by atoms with Crippen molar-refractivity contribution in [3.63, 3.8) is 0 Å². The quantitative estimate of drug-likeness (QED) is 0.330. The van der Waals surface area contributed by atoms with Gasteiger partial charge in [-0.15, -0.1) is 5.10 Å². The van der Waals surface area contributed by atoms with Crippen molar-refractivity contribution in [2.45, 2.75) is 71.1 Å². The van der Waals surface area contributed by atoms with Gasteiger partial charge in [0.25, 0.3) is 0 Å². The summed E-state index contributed by atoms with van der Waals surface area (Å²) < 4.78 is 11.8. The van der Waals surface area contributed by atoms with Crippen LogP contribution in [0, 0.1) is 5.92 Å². The van der Waals surface area contributed by atoms with Crippen LogP contribution in [0.15, 0.2) is 49.1 Å². The zero-order valence-corrected chi connectivity index (χ0v) is 30.2. The number of benzene rings is 1. The first-order valence-corrected chi connectivity index (χ1v) is 18.5. The molecule has 6 heterocycles. The van der Waals surface area contributed by atoms with E-state index in [0.717, 1.165) is 107 Å². The summed E-state index contributed by atoms with van der Waals surface area (Å²) in [5.41, 5.74) is 3.85. The van der Waals surface area contributed by atoms with E-state index in [9.17, 15) is 9.59 Å². The van der Waals surface area contributed by atoms with Gasteiger partial charge < -0.3 is 24.2 Å². The normalized spacial score (nSPS) is 20.7. The van der Waals surface area contributed by atoms with E-state index in [2.05, 4.69) is 47.0 Å². The summed E-state index contributed by atoms with van der Waals surface area (Å²) in [6.07, 6.45) is 9.07. The summed E-state index contributed by atoms with van der Waals surface area (Å²) in [6, 6.07) is 10.2. The lowest BCUT2D eigenvalue weighted by Gasteiger charge is -2.39. The van der Waals surface area contributed by atoms with E-state index >= 15 is 0 Å². The van der Waals surface area contributed by atoms with E-state index in [1.54, 1.807) is 6.33 Å². The molecule has 1 aromatic carbocycles. The Hall–Kier alpha value is -4.36. The predicted octanol–water partition coefficient (Wildman–Crippen LogP) is 4.55. The van der Waals surface area contributed by atoms with Gasteiger partial charge in [-0.2, -0.15) is 5.10 Å². The van der Waals surface area contributed by atoms with E-state index < -0.39 is 5.60 Å². The zero-order chi connectivity index (χ0) is 35.4. The van der Waals surface area contributed by atoms with Crippen LogP contribution in [0.4, 0.5) is 10.5 Å². The number of aromatic nitrogens is 4. The number of carbonyl (C=O) groups excluding carboxylic acids is 2. The van der Waals surface area contributed by atoms with Gasteiger partial charge in [0, 0.05) is 95.7 Å². The predicted molar refractivity (Wildman–Crippen MR) is 192 cm³/mol. The second-order valence-electron chi connectivity index (χ2n) is 15.4. The summed E-state index contributed by atoms with van der Waals surface area (Å²) in [5, 5.41) is 8.57. The zero-order valence-electron chi connectivity index (χ0n) is 30.2. The number of anilines is 1. The fourth-order valence-electron chi connectivity index (χ4n) is 7.74. The minimum absolute atomic E-state index is 0.168. The Morgan fingerprint density at radius 3 is 2.51 bits per heavy atom. The molecule has 51 heavy (non-hydrogen) atoms. The fourth-order valence-corrected chi connectivity index (χ4v) is 7.74. The van der Waals surface area contributed by atoms with Gasteiger partial charge in [0.1, 0.15) is 17.7 Å². The molecule has 3 fully saturated rings. The third-order valence-corrected chi connectivity index (χ3v) is 10.5. The van der Waals surface area contributed by atoms with Crippen LogP contribution < -0.4 is 9.64 Å². The average molecular weight is 698 g/mol. The molecule has 3 saturated heterocycles. The van der Waals surface area contributed by atoms with Gasteiger partial charge in [-0.05, 0) is 70.1 Å². The molecular weight excluding hydrogens is 646 g/mol. The van der Waals surface area contributed by atoms with Crippen molar-refractivity contribution in [2.75, 3.05) is 70.3 Å². The Bertz CT molecular complexity index is 1640. The molecule has 272 valence electrons. The van der Waals surface area contributed by atoms with Gasteiger partial charge in [0.05, 0.1) is 24.1 Å². The van der Waals surface area contributed by atoms with E-state index in [1.165, 1.54) is 5.56 Å². The lowest BCUT2D eigenvalue weighted by molar-refractivity contribution is -0.133. The highest BCUT2D eigenvalue weighted by Gasteiger charge is 2.30. The number of carbonyl (C=O) groups is 2. The lowest BCUT2D eigenvalue weighted by Crippen LogP contribution is -2.49. The third-order valence-electron chi connectivity index (χ3n) is 10.5. The molecule has 2 amide bonds. The van der Waals surface area contributed by atoms with Crippen LogP contribution in [0.5, 0.6) is 11.6 Å². The van der Waals surface area contributed by atoms with Crippen molar-refractivity contribution >= 4 is 17.7 Å². The molecule has 0 radical (unpaired) electrons. The van der Waals surface area contributed by atoms with Crippen molar-refractivity contribution in [1.29, 1.82) is 0 Å². The van der Waals surface area contributed by atoms with Gasteiger partial charge in [-0.1, -0.05) is 12.1 Å². The van der Waals surface area contributed by atoms with E-state index in [0.29, 0.717) is 31.4 Å². The maximum absolute atomic E-state index is 13.3. The van der Waals surface area contributed by atoms with Crippen LogP contribution in [0.2, 0.25) is 0 Å². The third kappa shape index (κ3) is 9.12. The number of fused-ring (bicyclic) bond motifs is 1. The first kappa shape index (κ1) is 35.1. The Labute approximate surface area is 300 Å². The molecule has 13 nitrogen and oxygen atoms in total. The topological polar surface area (TPSA) is 120 Å². The highest BCUT2D eigenvalue weighted by Crippen LogP contribution is 2.32. The molecule has 0 spiro atoms. The van der Waals surface area contributed by atoms with Crippen LogP contribution in [0.25, 0.3) is 0 Å². The van der Waals surface area contributed by atoms with Crippen molar-refractivity contribution in [3.05, 3.63) is 65.9 Å². The molecule has 7 rings (SSSR count). The van der Waals surface area contributed by atoms with Gasteiger partial charge in [0.15, 0.2) is 0 Å². The number of amides is 2. The Morgan fingerprint density at radius 2 is 1.73 bits per heavy atom. The summed E-state index contributed by atoms with van der Waals surface area (Å²) in [7, 11) is 0. The molecule has 2 aromatic heterocycles. The number of piperazine rings is 1. The Morgan fingerprint density at radius 1 is 0.902 bits per heavy atom. The van der Waals surface area contributed by atoms with E-state index in [4.69, 9.17) is 9.47 Å². The maximum atomic E-state index is 13.3. The molecule has 0 unspecified atom stereocenters. The van der Waals surface area contributed by atoms with Gasteiger partial charge in [0.2, 0.25) is 11.8 Å². The monoisotopic (exact) mass is 697 g/mol. The number of nitrogens with zero attached hydrogens (tertiary/aromatic N) is 9. The summed E-state index contributed by atoms with van der Waals surface area (Å²) >= 11 is 0. The number of ether oxygens (including phenoxy) is 2. The van der Waals surface area contributed by atoms with Gasteiger partial charge in [-0.3, -0.25) is 14.6 Å². The molecule has 0 bridgehead atoms. The van der Waals surface area contributed by atoms with Crippen molar-refractivity contribution in [2.24, 2.45) is 5.92 Å². The molecule has 13 heteroatoms. The first-order chi connectivity index (χ1) is 24.6. The number of hydrogen-bond acceptors (Lipinski definition) is 11. The summed E-state index contributed by atoms with van der Waals surface area (Å²) in [4.78, 5) is 45.2. The van der Waals surface area contributed by atoms with E-state index in [-0.39, 0.29) is 17.9 Å². The fraction of sp³-hybridized carbons (Fsp3) is 0.579. The number of hydrogen-bond donors (Lipinski definition) is 0. The van der Waals surface area contributed by atoms with E-state index in [1.807, 2.05) is 61.2 Å². The van der Waals surface area contributed by atoms with Crippen molar-refractivity contribution in [1.82, 2.24) is 39.8 Å². The second kappa shape index (κ2) is 15.5. The highest BCUT2D eigenvalue weighted by molar-refractivity contribution is 5.78. The van der Waals surface area contributed by atoms with Crippen LogP contribution in [-0.2, 0) is 22.6 Å². The molecule has 0 saturated carbocycles. The van der Waals surface area contributed by atoms with Gasteiger partial charge in [-0.25, -0.2) is 14.8 Å². The Kier molecular flexibility index (Phi) is 10.6. The highest BCUT2D eigenvalue weighted by atomic mass is 16.6. The lowest BCUT2D eigenvalue weighted by atomic mass is 9.90. The standard InChI is InChI=1S/C38H51N9O4/c1-38(2,3)51-37(49)46-12-9-28(10-13-46)22-43-14-16-45(17-15-43)32-19-35(42-41-21-32)50-33-8-4-6-29(18-33)30-7-5-11-47(24-30)36(48)26-44-23-31-20-39-27-40-34(31)25-44/h4,6,8,18-21,27-28,30H,5,7,9-17,22-26H2,1-3H3/t30-/m0/s1. The van der Waals surface area contributed by atoms with Crippen molar-refractivity contribution < 1.29 is 19.1 Å². The van der Waals surface area contributed by atoms with Crippen LogP contribution >= 0.6 is 0 Å². The minimum atomic E-state index is -0.462.